The van der Waals surface area contributed by atoms with Gasteiger partial charge in [-0.05, 0) is 51.0 Å². The SMILES string of the molecule is Cc1ccc(NC(=O)c2cc(C)nc(NC(C)c3ccccc3)n2)c(C)c1. The fraction of sp³-hybridized carbons (Fsp3) is 0.227. The Morgan fingerprint density at radius 1 is 0.963 bits per heavy atom. The van der Waals surface area contributed by atoms with Crippen molar-refractivity contribution in [1.82, 2.24) is 9.97 Å². The van der Waals surface area contributed by atoms with Gasteiger partial charge in [0.1, 0.15) is 5.69 Å². The van der Waals surface area contributed by atoms with Crippen LogP contribution in [-0.2, 0) is 0 Å². The molecular weight excluding hydrogens is 336 g/mol. The molecule has 27 heavy (non-hydrogen) atoms. The van der Waals surface area contributed by atoms with Crippen LogP contribution in [0.25, 0.3) is 0 Å². The van der Waals surface area contributed by atoms with Gasteiger partial charge in [-0.1, -0.05) is 48.0 Å². The minimum Gasteiger partial charge on any atom is -0.348 e. The highest BCUT2D eigenvalue weighted by Gasteiger charge is 2.14. The van der Waals surface area contributed by atoms with E-state index in [-0.39, 0.29) is 11.9 Å². The van der Waals surface area contributed by atoms with Crippen molar-refractivity contribution in [3.63, 3.8) is 0 Å². The number of anilines is 2. The van der Waals surface area contributed by atoms with E-state index < -0.39 is 0 Å². The van der Waals surface area contributed by atoms with E-state index in [1.54, 1.807) is 6.07 Å². The van der Waals surface area contributed by atoms with E-state index in [0.29, 0.717) is 11.6 Å². The number of amides is 1. The average molecular weight is 360 g/mol. The van der Waals surface area contributed by atoms with Crippen LogP contribution in [0.2, 0.25) is 0 Å². The highest BCUT2D eigenvalue weighted by Crippen LogP contribution is 2.19. The van der Waals surface area contributed by atoms with Gasteiger partial charge in [0.25, 0.3) is 5.91 Å². The predicted molar refractivity (Wildman–Crippen MR) is 109 cm³/mol. The Morgan fingerprint density at radius 2 is 1.70 bits per heavy atom. The van der Waals surface area contributed by atoms with Crippen LogP contribution in [0.15, 0.2) is 54.6 Å². The topological polar surface area (TPSA) is 66.9 Å². The van der Waals surface area contributed by atoms with Gasteiger partial charge >= 0.3 is 0 Å². The maximum Gasteiger partial charge on any atom is 0.274 e. The number of hydrogen-bond acceptors (Lipinski definition) is 4. The van der Waals surface area contributed by atoms with E-state index in [2.05, 4.69) is 20.6 Å². The van der Waals surface area contributed by atoms with Crippen molar-refractivity contribution in [2.45, 2.75) is 33.7 Å². The molecule has 0 radical (unpaired) electrons. The van der Waals surface area contributed by atoms with Crippen LogP contribution in [0.5, 0.6) is 0 Å². The van der Waals surface area contributed by atoms with Gasteiger partial charge in [0.2, 0.25) is 5.95 Å². The first-order chi connectivity index (χ1) is 12.9. The minimum atomic E-state index is -0.247. The van der Waals surface area contributed by atoms with Gasteiger partial charge in [-0.3, -0.25) is 4.79 Å². The van der Waals surface area contributed by atoms with E-state index in [9.17, 15) is 4.79 Å². The number of aromatic nitrogens is 2. The Kier molecular flexibility index (Phi) is 5.50. The van der Waals surface area contributed by atoms with E-state index in [1.165, 1.54) is 0 Å². The first-order valence-electron chi connectivity index (χ1n) is 8.98. The van der Waals surface area contributed by atoms with Crippen LogP contribution in [-0.4, -0.2) is 15.9 Å². The van der Waals surface area contributed by atoms with Crippen LogP contribution in [0.3, 0.4) is 0 Å². The number of aryl methyl sites for hydroxylation is 3. The van der Waals surface area contributed by atoms with Gasteiger partial charge < -0.3 is 10.6 Å². The molecular formula is C22H24N4O. The summed E-state index contributed by atoms with van der Waals surface area (Å²) in [6, 6.07) is 17.7. The first kappa shape index (κ1) is 18.6. The molecule has 5 nitrogen and oxygen atoms in total. The third-order valence-corrected chi connectivity index (χ3v) is 4.36. The van der Waals surface area contributed by atoms with Crippen molar-refractivity contribution < 1.29 is 4.79 Å². The molecule has 0 saturated carbocycles. The Hall–Kier alpha value is -3.21. The smallest absolute Gasteiger partial charge is 0.274 e. The molecule has 3 rings (SSSR count). The molecule has 3 aromatic rings. The lowest BCUT2D eigenvalue weighted by molar-refractivity contribution is 0.102. The summed E-state index contributed by atoms with van der Waals surface area (Å²) in [6.07, 6.45) is 0. The number of benzene rings is 2. The van der Waals surface area contributed by atoms with Crippen LogP contribution in [0.1, 0.15) is 45.8 Å². The molecule has 0 aliphatic rings. The number of carbonyl (C=O) groups is 1. The summed E-state index contributed by atoms with van der Waals surface area (Å²) in [5.41, 5.74) is 5.16. The van der Waals surface area contributed by atoms with Crippen molar-refractivity contribution in [1.29, 1.82) is 0 Å². The van der Waals surface area contributed by atoms with Crippen molar-refractivity contribution in [2.75, 3.05) is 10.6 Å². The molecule has 0 bridgehead atoms. The summed E-state index contributed by atoms with van der Waals surface area (Å²) in [5, 5.41) is 6.21. The number of nitrogens with one attached hydrogen (secondary N) is 2. The second-order valence-electron chi connectivity index (χ2n) is 6.77. The monoisotopic (exact) mass is 360 g/mol. The fourth-order valence-corrected chi connectivity index (χ4v) is 2.91. The number of nitrogens with zero attached hydrogens (tertiary/aromatic N) is 2. The summed E-state index contributed by atoms with van der Waals surface area (Å²) in [7, 11) is 0. The third kappa shape index (κ3) is 4.70. The third-order valence-electron chi connectivity index (χ3n) is 4.36. The Balaban J connectivity index is 1.79. The largest absolute Gasteiger partial charge is 0.348 e. The zero-order valence-electron chi connectivity index (χ0n) is 16.1. The first-order valence-corrected chi connectivity index (χ1v) is 8.98. The molecule has 1 aromatic heterocycles. The van der Waals surface area contributed by atoms with Crippen molar-refractivity contribution in [3.8, 4) is 0 Å². The lowest BCUT2D eigenvalue weighted by atomic mass is 10.1. The molecule has 1 atom stereocenters. The zero-order valence-corrected chi connectivity index (χ0v) is 16.1. The molecule has 0 aliphatic heterocycles. The van der Waals surface area contributed by atoms with Crippen molar-refractivity contribution in [3.05, 3.63) is 82.7 Å². The summed E-state index contributed by atoms with van der Waals surface area (Å²) in [5.74, 6) is 0.194. The van der Waals surface area contributed by atoms with Gasteiger partial charge in [-0.25, -0.2) is 9.97 Å². The lowest BCUT2D eigenvalue weighted by Gasteiger charge is -2.15. The molecule has 5 heteroatoms. The molecule has 1 heterocycles. The molecule has 0 fully saturated rings. The van der Waals surface area contributed by atoms with E-state index in [0.717, 1.165) is 28.1 Å². The Morgan fingerprint density at radius 3 is 2.41 bits per heavy atom. The van der Waals surface area contributed by atoms with Crippen LogP contribution in [0.4, 0.5) is 11.6 Å². The van der Waals surface area contributed by atoms with Crippen molar-refractivity contribution >= 4 is 17.5 Å². The molecule has 0 saturated heterocycles. The highest BCUT2D eigenvalue weighted by molar-refractivity contribution is 6.03. The Bertz CT molecular complexity index is 954. The minimum absolute atomic E-state index is 0.0308. The average Bonchev–Trinajstić information content (AvgIpc) is 2.64. The number of rotatable bonds is 5. The second kappa shape index (κ2) is 7.99. The van der Waals surface area contributed by atoms with Gasteiger partial charge in [-0.2, -0.15) is 0 Å². The zero-order chi connectivity index (χ0) is 19.4. The molecule has 0 spiro atoms. The molecule has 138 valence electrons. The van der Waals surface area contributed by atoms with E-state index in [1.807, 2.05) is 76.2 Å². The van der Waals surface area contributed by atoms with E-state index >= 15 is 0 Å². The summed E-state index contributed by atoms with van der Waals surface area (Å²) < 4.78 is 0. The number of carbonyl (C=O) groups excluding carboxylic acids is 1. The summed E-state index contributed by atoms with van der Waals surface area (Å²) in [6.45, 7) is 7.89. The fourth-order valence-electron chi connectivity index (χ4n) is 2.91. The van der Waals surface area contributed by atoms with Gasteiger partial charge in [0.05, 0.1) is 6.04 Å². The lowest BCUT2D eigenvalue weighted by Crippen LogP contribution is -2.17. The van der Waals surface area contributed by atoms with Gasteiger partial charge in [-0.15, -0.1) is 0 Å². The standard InChI is InChI=1S/C22H24N4O/c1-14-10-11-19(15(2)12-14)25-21(27)20-13-16(3)23-22(26-20)24-17(4)18-8-6-5-7-9-18/h5-13,17H,1-4H3,(H,25,27)(H,23,24,26). The van der Waals surface area contributed by atoms with Gasteiger partial charge in [0.15, 0.2) is 0 Å². The molecule has 0 aliphatic carbocycles. The maximum absolute atomic E-state index is 12.7. The quantitative estimate of drug-likeness (QED) is 0.684. The highest BCUT2D eigenvalue weighted by atomic mass is 16.1. The van der Waals surface area contributed by atoms with Crippen LogP contribution < -0.4 is 10.6 Å². The maximum atomic E-state index is 12.7. The normalized spacial score (nSPS) is 11.7. The summed E-state index contributed by atoms with van der Waals surface area (Å²) in [4.78, 5) is 21.5. The van der Waals surface area contributed by atoms with Crippen LogP contribution in [0, 0.1) is 20.8 Å². The second-order valence-corrected chi connectivity index (χ2v) is 6.77. The van der Waals surface area contributed by atoms with E-state index in [4.69, 9.17) is 0 Å². The number of hydrogen-bond donors (Lipinski definition) is 2. The predicted octanol–water partition coefficient (Wildman–Crippen LogP) is 4.83. The molecule has 2 N–H and O–H groups in total. The van der Waals surface area contributed by atoms with Crippen molar-refractivity contribution in [2.24, 2.45) is 0 Å². The van der Waals surface area contributed by atoms with Gasteiger partial charge in [0, 0.05) is 11.4 Å². The molecule has 2 aromatic carbocycles. The van der Waals surface area contributed by atoms with Crippen LogP contribution >= 0.6 is 0 Å². The Labute approximate surface area is 159 Å². The summed E-state index contributed by atoms with van der Waals surface area (Å²) >= 11 is 0. The molecule has 1 unspecified atom stereocenters. The molecule has 1 amide bonds.